The number of carbonyl (C=O) groups is 1. The molecule has 3 N–H and O–H groups in total. The molecule has 0 unspecified atom stereocenters. The number of hydrogen-bond donors (Lipinski definition) is 2. The zero-order valence-corrected chi connectivity index (χ0v) is 18.1. The first kappa shape index (κ1) is 22.9. The Kier molecular flexibility index (Phi) is 6.47. The molecule has 0 aliphatic heterocycles. The van der Waals surface area contributed by atoms with E-state index in [0.29, 0.717) is 5.92 Å². The molecule has 3 aromatic rings. The minimum absolute atomic E-state index is 0.0492. The van der Waals surface area contributed by atoms with Crippen molar-refractivity contribution in [3.05, 3.63) is 77.0 Å². The van der Waals surface area contributed by atoms with Gasteiger partial charge in [-0.2, -0.15) is 0 Å². The van der Waals surface area contributed by atoms with Crippen molar-refractivity contribution in [2.45, 2.75) is 44.6 Å². The van der Waals surface area contributed by atoms with Gasteiger partial charge in [0, 0.05) is 24.9 Å². The van der Waals surface area contributed by atoms with Crippen LogP contribution in [0.2, 0.25) is 0 Å². The Morgan fingerprint density at radius 2 is 1.85 bits per heavy atom. The van der Waals surface area contributed by atoms with Crippen LogP contribution in [0, 0.1) is 23.4 Å². The Balaban J connectivity index is 1.65. The number of nitrogens with two attached hydrogens (primary N) is 1. The van der Waals surface area contributed by atoms with Gasteiger partial charge in [0.05, 0.1) is 5.56 Å². The minimum atomic E-state index is -1.34. The van der Waals surface area contributed by atoms with Crippen LogP contribution in [0.1, 0.15) is 53.7 Å². The molecule has 2 aromatic heterocycles. The zero-order chi connectivity index (χ0) is 23.7. The fourth-order valence-corrected chi connectivity index (χ4v) is 4.69. The van der Waals surface area contributed by atoms with Crippen molar-refractivity contribution in [2.24, 2.45) is 11.7 Å². The lowest BCUT2D eigenvalue weighted by molar-refractivity contribution is 0.0987. The van der Waals surface area contributed by atoms with Crippen LogP contribution in [0.25, 0.3) is 11.3 Å². The van der Waals surface area contributed by atoms with Crippen molar-refractivity contribution in [1.29, 1.82) is 0 Å². The summed E-state index contributed by atoms with van der Waals surface area (Å²) in [5.41, 5.74) is 6.28. The summed E-state index contributed by atoms with van der Waals surface area (Å²) in [7, 11) is 0. The van der Waals surface area contributed by atoms with Crippen LogP contribution in [-0.4, -0.2) is 26.9 Å². The van der Waals surface area contributed by atoms with Crippen LogP contribution in [0.4, 0.5) is 13.2 Å². The number of aromatic nitrogens is 2. The molecule has 5 nitrogen and oxygen atoms in total. The lowest BCUT2D eigenvalue weighted by atomic mass is 9.75. The van der Waals surface area contributed by atoms with E-state index in [9.17, 15) is 23.1 Å². The molecule has 0 bridgehead atoms. The molecule has 1 saturated carbocycles. The number of carbonyl (C=O) groups excluding carboxylic acids is 1. The van der Waals surface area contributed by atoms with Crippen molar-refractivity contribution in [3.63, 3.8) is 0 Å². The highest BCUT2D eigenvalue weighted by Gasteiger charge is 2.28. The highest BCUT2D eigenvalue weighted by atomic mass is 19.1. The molecule has 1 fully saturated rings. The number of rotatable bonds is 5. The monoisotopic (exact) mass is 455 g/mol. The molecule has 3 atom stereocenters. The van der Waals surface area contributed by atoms with Gasteiger partial charge in [-0.05, 0) is 72.6 Å². The summed E-state index contributed by atoms with van der Waals surface area (Å²) >= 11 is 0. The predicted octanol–water partition coefficient (Wildman–Crippen LogP) is 4.92. The summed E-state index contributed by atoms with van der Waals surface area (Å²) in [6, 6.07) is 5.71. The van der Waals surface area contributed by atoms with E-state index in [1.165, 1.54) is 6.07 Å². The molecule has 2 heterocycles. The topological polar surface area (TPSA) is 89.1 Å². The lowest BCUT2D eigenvalue weighted by Crippen LogP contribution is -2.31. The third-order valence-electron chi connectivity index (χ3n) is 6.15. The number of aromatic hydroxyl groups is 1. The van der Waals surface area contributed by atoms with Crippen LogP contribution in [-0.2, 0) is 6.42 Å². The van der Waals surface area contributed by atoms with Gasteiger partial charge in [0.2, 0.25) is 0 Å². The molecule has 8 heteroatoms. The molecule has 0 spiro atoms. The number of hydrogen-bond acceptors (Lipinski definition) is 5. The lowest BCUT2D eigenvalue weighted by Gasteiger charge is -2.32. The molecule has 33 heavy (non-hydrogen) atoms. The summed E-state index contributed by atoms with van der Waals surface area (Å²) in [6.45, 7) is 2.15. The third-order valence-corrected chi connectivity index (χ3v) is 6.15. The molecular weight excluding hydrogens is 431 g/mol. The first-order chi connectivity index (χ1) is 15.7. The molecule has 1 aliphatic carbocycles. The normalized spacial score (nSPS) is 20.6. The van der Waals surface area contributed by atoms with Gasteiger partial charge in [-0.15, -0.1) is 0 Å². The number of nitrogens with zero attached hydrogens (tertiary/aromatic N) is 2. The molecule has 0 saturated heterocycles. The van der Waals surface area contributed by atoms with Crippen molar-refractivity contribution >= 4 is 5.78 Å². The quantitative estimate of drug-likeness (QED) is 0.533. The maximum Gasteiger partial charge on any atom is 0.185 e. The van der Waals surface area contributed by atoms with Crippen molar-refractivity contribution < 1.29 is 23.1 Å². The molecule has 1 aromatic carbocycles. The molecular formula is C25H24F3N3O2. The fourth-order valence-electron chi connectivity index (χ4n) is 4.69. The number of benzene rings is 1. The molecule has 4 rings (SSSR count). The highest BCUT2D eigenvalue weighted by Crippen LogP contribution is 2.37. The van der Waals surface area contributed by atoms with E-state index in [4.69, 9.17) is 5.73 Å². The van der Waals surface area contributed by atoms with E-state index >= 15 is 0 Å². The number of Topliss-reactive ketones (excluding diaryl/α,β-unsaturated/α-hetero) is 1. The van der Waals surface area contributed by atoms with E-state index in [1.54, 1.807) is 12.4 Å². The SMILES string of the molecule is C[C@@H]1C[C@H](N)C[C@H](c2ccncc2CC(=O)c2ccc(F)c(-c3c(F)ccc(O)c3F)n2)C1. The minimum Gasteiger partial charge on any atom is -0.505 e. The smallest absolute Gasteiger partial charge is 0.185 e. The van der Waals surface area contributed by atoms with Gasteiger partial charge < -0.3 is 10.8 Å². The van der Waals surface area contributed by atoms with Gasteiger partial charge in [0.1, 0.15) is 23.0 Å². The summed E-state index contributed by atoms with van der Waals surface area (Å²) in [5, 5.41) is 9.57. The fraction of sp³-hybridized carbons (Fsp3) is 0.320. The second kappa shape index (κ2) is 9.31. The molecule has 0 amide bonds. The molecule has 1 aliphatic rings. The predicted molar refractivity (Wildman–Crippen MR) is 117 cm³/mol. The summed E-state index contributed by atoms with van der Waals surface area (Å²) in [4.78, 5) is 21.1. The van der Waals surface area contributed by atoms with Crippen LogP contribution in [0.3, 0.4) is 0 Å². The van der Waals surface area contributed by atoms with Crippen molar-refractivity contribution in [3.8, 4) is 17.0 Å². The average Bonchev–Trinajstić information content (AvgIpc) is 2.77. The van der Waals surface area contributed by atoms with Gasteiger partial charge in [-0.3, -0.25) is 9.78 Å². The third kappa shape index (κ3) is 4.75. The molecule has 0 radical (unpaired) electrons. The Morgan fingerprint density at radius 1 is 1.09 bits per heavy atom. The van der Waals surface area contributed by atoms with Crippen LogP contribution in [0.15, 0.2) is 42.7 Å². The Hall–Kier alpha value is -3.26. The highest BCUT2D eigenvalue weighted by molar-refractivity contribution is 5.96. The Morgan fingerprint density at radius 3 is 2.61 bits per heavy atom. The summed E-state index contributed by atoms with van der Waals surface area (Å²) in [5.74, 6) is -4.08. The number of ketones is 1. The summed E-state index contributed by atoms with van der Waals surface area (Å²) < 4.78 is 43.0. The van der Waals surface area contributed by atoms with Crippen LogP contribution in [0.5, 0.6) is 5.75 Å². The van der Waals surface area contributed by atoms with E-state index in [0.717, 1.165) is 48.6 Å². The number of pyridine rings is 2. The average molecular weight is 455 g/mol. The zero-order valence-electron chi connectivity index (χ0n) is 18.1. The second-order valence-electron chi connectivity index (χ2n) is 8.73. The maximum atomic E-state index is 14.4. The first-order valence-electron chi connectivity index (χ1n) is 10.8. The molecule has 172 valence electrons. The number of halogens is 3. The van der Waals surface area contributed by atoms with Crippen molar-refractivity contribution in [1.82, 2.24) is 9.97 Å². The Bertz CT molecular complexity index is 1190. The van der Waals surface area contributed by atoms with Gasteiger partial charge >= 0.3 is 0 Å². The van der Waals surface area contributed by atoms with E-state index < -0.39 is 40.2 Å². The van der Waals surface area contributed by atoms with Gasteiger partial charge in [0.15, 0.2) is 17.3 Å². The number of phenols is 1. The van der Waals surface area contributed by atoms with Gasteiger partial charge in [0.25, 0.3) is 0 Å². The maximum absolute atomic E-state index is 14.4. The first-order valence-corrected chi connectivity index (χ1v) is 10.8. The van der Waals surface area contributed by atoms with E-state index in [2.05, 4.69) is 16.9 Å². The number of phenolic OH excluding ortho intramolecular Hbond substituents is 1. The van der Waals surface area contributed by atoms with E-state index in [1.807, 2.05) is 6.07 Å². The van der Waals surface area contributed by atoms with E-state index in [-0.39, 0.29) is 24.1 Å². The Labute approximate surface area is 189 Å². The second-order valence-corrected chi connectivity index (χ2v) is 8.73. The largest absolute Gasteiger partial charge is 0.505 e. The standard InChI is InChI=1S/C25H24F3N3O2/c1-13-8-14(10-16(29)9-13)17-6-7-30-12-15(17)11-22(33)20-4-2-19(27)25(31-20)23-18(26)3-5-21(32)24(23)28/h2-7,12-14,16,32H,8-11,29H2,1H3/t13-,14+,16-/m0/s1. The van der Waals surface area contributed by atoms with Gasteiger partial charge in [-0.1, -0.05) is 6.92 Å². The van der Waals surface area contributed by atoms with Crippen LogP contribution >= 0.6 is 0 Å². The van der Waals surface area contributed by atoms with Crippen molar-refractivity contribution in [2.75, 3.05) is 0 Å². The van der Waals surface area contributed by atoms with Gasteiger partial charge in [-0.25, -0.2) is 18.2 Å². The summed E-state index contributed by atoms with van der Waals surface area (Å²) in [6.07, 6.45) is 5.97. The van der Waals surface area contributed by atoms with Crippen LogP contribution < -0.4 is 5.73 Å².